The van der Waals surface area contributed by atoms with Crippen molar-refractivity contribution in [3.8, 4) is 0 Å². The molecule has 1 aromatic carbocycles. The standard InChI is InChI=1S/C18H20ClN4O4S/c1-4-27-13(24)10-28-17-20-15-14(16(25)22(3)18(26)21(15)2)23(17)9-11-7-5-6-8-12(11)19/h5-8,14H,4,9-10H2,1-3H3/q+1. The Morgan fingerprint density at radius 1 is 1.29 bits per heavy atom. The Bertz CT molecular complexity index is 901. The van der Waals surface area contributed by atoms with E-state index in [0.717, 1.165) is 10.5 Å². The van der Waals surface area contributed by atoms with E-state index in [1.807, 2.05) is 18.2 Å². The van der Waals surface area contributed by atoms with Gasteiger partial charge in [0.1, 0.15) is 12.3 Å². The van der Waals surface area contributed by atoms with Gasteiger partial charge in [-0.25, -0.2) is 9.37 Å². The van der Waals surface area contributed by atoms with Crippen LogP contribution in [0.5, 0.6) is 0 Å². The number of amidine groups is 2. The van der Waals surface area contributed by atoms with Crippen molar-refractivity contribution in [2.24, 2.45) is 4.99 Å². The molecular weight excluding hydrogens is 404 g/mol. The van der Waals surface area contributed by atoms with E-state index in [4.69, 9.17) is 16.3 Å². The smallest absolute Gasteiger partial charge is 0.358 e. The zero-order valence-corrected chi connectivity index (χ0v) is 17.3. The van der Waals surface area contributed by atoms with Crippen LogP contribution in [-0.4, -0.2) is 75.8 Å². The minimum atomic E-state index is -0.756. The average molecular weight is 424 g/mol. The van der Waals surface area contributed by atoms with Crippen LogP contribution >= 0.6 is 23.4 Å². The summed E-state index contributed by atoms with van der Waals surface area (Å²) in [6.45, 7) is 2.33. The number of halogens is 1. The molecule has 0 radical (unpaired) electrons. The number of esters is 1. The van der Waals surface area contributed by atoms with E-state index in [-0.39, 0.29) is 24.2 Å². The molecule has 3 amide bonds. The average Bonchev–Trinajstić information content (AvgIpc) is 3.03. The largest absolute Gasteiger partial charge is 0.465 e. The van der Waals surface area contributed by atoms with Crippen molar-refractivity contribution in [2.75, 3.05) is 26.5 Å². The maximum Gasteiger partial charge on any atom is 0.358 e. The van der Waals surface area contributed by atoms with E-state index in [1.165, 1.54) is 23.7 Å². The highest BCUT2D eigenvalue weighted by atomic mass is 35.5. The number of rotatable bonds is 5. The molecule has 0 aliphatic carbocycles. The number of ether oxygens (including phenoxy) is 1. The molecule has 0 aromatic heterocycles. The third-order valence-electron chi connectivity index (χ3n) is 4.42. The number of amides is 3. The molecule has 2 aliphatic heterocycles. The SMILES string of the molecule is CCOC(=O)CSC1=[N+](Cc2ccccc2Cl)C2C(=O)N(C)C(=O)N(C)C2=N1. The van der Waals surface area contributed by atoms with Gasteiger partial charge in [-0.3, -0.25) is 19.4 Å². The Hall–Kier alpha value is -2.39. The van der Waals surface area contributed by atoms with Crippen LogP contribution in [0.25, 0.3) is 0 Å². The number of benzene rings is 1. The van der Waals surface area contributed by atoms with Gasteiger partial charge in [-0.2, -0.15) is 0 Å². The molecule has 28 heavy (non-hydrogen) atoms. The summed E-state index contributed by atoms with van der Waals surface area (Å²) in [4.78, 5) is 43.8. The molecule has 2 aliphatic rings. The fraction of sp³-hybridized carbons (Fsp3) is 0.389. The Morgan fingerprint density at radius 2 is 2.00 bits per heavy atom. The van der Waals surface area contributed by atoms with Crippen LogP contribution in [0.1, 0.15) is 12.5 Å². The predicted octanol–water partition coefficient (Wildman–Crippen LogP) is 1.81. The van der Waals surface area contributed by atoms with E-state index in [1.54, 1.807) is 24.6 Å². The first-order valence-corrected chi connectivity index (χ1v) is 10.0. The highest BCUT2D eigenvalue weighted by molar-refractivity contribution is 8.14. The molecule has 1 saturated heterocycles. The Kier molecular flexibility index (Phi) is 6.04. The molecular formula is C18H20ClN4O4S+. The zero-order valence-electron chi connectivity index (χ0n) is 15.7. The van der Waals surface area contributed by atoms with Gasteiger partial charge in [0.15, 0.2) is 0 Å². The van der Waals surface area contributed by atoms with Crippen molar-refractivity contribution < 1.29 is 23.7 Å². The van der Waals surface area contributed by atoms with Gasteiger partial charge >= 0.3 is 17.2 Å². The van der Waals surface area contributed by atoms with Crippen LogP contribution in [0.3, 0.4) is 0 Å². The maximum absolute atomic E-state index is 12.8. The number of hydrogen-bond donors (Lipinski definition) is 0. The number of hydrogen-bond acceptors (Lipinski definition) is 6. The summed E-state index contributed by atoms with van der Waals surface area (Å²) in [6, 6.07) is 6.10. The Labute approximate surface area is 171 Å². The molecule has 1 fully saturated rings. The molecule has 3 rings (SSSR count). The van der Waals surface area contributed by atoms with Crippen molar-refractivity contribution in [2.45, 2.75) is 19.5 Å². The van der Waals surface area contributed by atoms with Gasteiger partial charge in [0, 0.05) is 24.7 Å². The number of carbonyl (C=O) groups is 3. The summed E-state index contributed by atoms with van der Waals surface area (Å²) in [6.07, 6.45) is 0. The summed E-state index contributed by atoms with van der Waals surface area (Å²) >= 11 is 7.46. The van der Waals surface area contributed by atoms with E-state index in [0.29, 0.717) is 22.6 Å². The number of nitrogens with zero attached hydrogens (tertiary/aromatic N) is 4. The lowest BCUT2D eigenvalue weighted by Crippen LogP contribution is -2.61. The monoisotopic (exact) mass is 423 g/mol. The van der Waals surface area contributed by atoms with E-state index >= 15 is 0 Å². The zero-order chi connectivity index (χ0) is 20.4. The second-order valence-corrected chi connectivity index (χ2v) is 7.56. The number of thioether (sulfide) groups is 1. The number of fused-ring (bicyclic) bond motifs is 1. The normalized spacial score (nSPS) is 19.1. The van der Waals surface area contributed by atoms with Crippen molar-refractivity contribution in [1.82, 2.24) is 9.80 Å². The lowest BCUT2D eigenvalue weighted by molar-refractivity contribution is -0.548. The van der Waals surface area contributed by atoms with E-state index in [2.05, 4.69) is 4.99 Å². The topological polar surface area (TPSA) is 82.3 Å². The maximum atomic E-state index is 12.8. The van der Waals surface area contributed by atoms with E-state index < -0.39 is 12.1 Å². The first kappa shape index (κ1) is 20.3. The first-order valence-electron chi connectivity index (χ1n) is 8.64. The van der Waals surface area contributed by atoms with Crippen LogP contribution in [0.2, 0.25) is 5.02 Å². The second-order valence-electron chi connectivity index (χ2n) is 6.21. The fourth-order valence-corrected chi connectivity index (χ4v) is 4.01. The van der Waals surface area contributed by atoms with Crippen LogP contribution in [0.15, 0.2) is 29.3 Å². The summed E-state index contributed by atoms with van der Waals surface area (Å²) in [5.41, 5.74) is 0.810. The van der Waals surface area contributed by atoms with Crippen LogP contribution in [-0.2, 0) is 20.9 Å². The van der Waals surface area contributed by atoms with Gasteiger partial charge in [-0.05, 0) is 29.7 Å². The molecule has 10 heteroatoms. The van der Waals surface area contributed by atoms with Crippen LogP contribution < -0.4 is 0 Å². The minimum absolute atomic E-state index is 0.0490. The summed E-state index contributed by atoms with van der Waals surface area (Å²) < 4.78 is 6.73. The number of imide groups is 1. The third-order valence-corrected chi connectivity index (χ3v) is 5.75. The summed E-state index contributed by atoms with van der Waals surface area (Å²) in [5.74, 6) is -0.360. The molecule has 1 unspecified atom stereocenters. The Morgan fingerprint density at radius 3 is 2.68 bits per heavy atom. The number of likely N-dealkylation sites (N-methyl/N-ethyl adjacent to an activating group) is 2. The van der Waals surface area contributed by atoms with Crippen molar-refractivity contribution in [1.29, 1.82) is 0 Å². The van der Waals surface area contributed by atoms with Crippen LogP contribution in [0.4, 0.5) is 4.79 Å². The lowest BCUT2D eigenvalue weighted by Gasteiger charge is -2.30. The molecule has 2 heterocycles. The molecule has 148 valence electrons. The summed E-state index contributed by atoms with van der Waals surface area (Å²) in [7, 11) is 3.01. The third kappa shape index (κ3) is 3.77. The number of urea groups is 1. The fourth-order valence-electron chi connectivity index (χ4n) is 2.99. The van der Waals surface area contributed by atoms with Gasteiger partial charge in [0.05, 0.1) is 6.61 Å². The van der Waals surface area contributed by atoms with Crippen molar-refractivity contribution >= 4 is 52.3 Å². The van der Waals surface area contributed by atoms with E-state index in [9.17, 15) is 14.4 Å². The molecule has 0 spiro atoms. The molecule has 0 saturated carbocycles. The first-order chi connectivity index (χ1) is 13.3. The summed E-state index contributed by atoms with van der Waals surface area (Å²) in [5, 5.41) is 1.03. The molecule has 0 N–H and O–H groups in total. The lowest BCUT2D eigenvalue weighted by atomic mass is 10.1. The molecule has 1 atom stereocenters. The van der Waals surface area contributed by atoms with Gasteiger partial charge in [0.25, 0.3) is 17.8 Å². The quantitative estimate of drug-likeness (QED) is 0.533. The van der Waals surface area contributed by atoms with Crippen LogP contribution in [0, 0.1) is 0 Å². The number of carbonyl (C=O) groups excluding carboxylic acids is 3. The van der Waals surface area contributed by atoms with Gasteiger partial charge in [0.2, 0.25) is 0 Å². The molecule has 8 nitrogen and oxygen atoms in total. The van der Waals surface area contributed by atoms with Gasteiger partial charge < -0.3 is 4.74 Å². The van der Waals surface area contributed by atoms with Crippen molar-refractivity contribution in [3.05, 3.63) is 34.9 Å². The molecule has 0 bridgehead atoms. The Balaban J connectivity index is 1.97. The highest BCUT2D eigenvalue weighted by Crippen LogP contribution is 2.26. The minimum Gasteiger partial charge on any atom is -0.465 e. The second kappa shape index (κ2) is 8.32. The predicted molar refractivity (Wildman–Crippen MR) is 107 cm³/mol. The van der Waals surface area contributed by atoms with Crippen molar-refractivity contribution in [3.63, 3.8) is 0 Å². The van der Waals surface area contributed by atoms with Gasteiger partial charge in [-0.1, -0.05) is 29.8 Å². The highest BCUT2D eigenvalue weighted by Gasteiger charge is 2.53. The molecule has 1 aromatic rings. The number of aliphatic imine (C=N–C) groups is 1. The van der Waals surface area contributed by atoms with Gasteiger partial charge in [-0.15, -0.1) is 0 Å².